The Hall–Kier alpha value is -1.36. The number of fused-ring (bicyclic) bond motifs is 1. The fourth-order valence-corrected chi connectivity index (χ4v) is 1.95. The van der Waals surface area contributed by atoms with Crippen LogP contribution in [0, 0.1) is 0 Å². The zero-order chi connectivity index (χ0) is 9.31. The normalized spacial score (nSPS) is 23.7. The second-order valence-electron chi connectivity index (χ2n) is 2.69. The molecule has 0 aromatic carbocycles. The van der Waals surface area contributed by atoms with Crippen LogP contribution >= 0.6 is 0 Å². The van der Waals surface area contributed by atoms with E-state index in [1.807, 2.05) is 6.08 Å². The van der Waals surface area contributed by atoms with Crippen LogP contribution in [-0.4, -0.2) is 24.9 Å². The molecule has 68 valence electrons. The molecule has 0 aromatic rings. The molecule has 0 aliphatic carbocycles. The van der Waals surface area contributed by atoms with E-state index in [2.05, 4.69) is 4.40 Å². The third kappa shape index (κ3) is 1.70. The average molecular weight is 196 g/mol. The van der Waals surface area contributed by atoms with Crippen LogP contribution in [0.4, 0.5) is 0 Å². The predicted octanol–water partition coefficient (Wildman–Crippen LogP) is 0.628. The number of hydrogen-bond donors (Lipinski definition) is 0. The first-order chi connectivity index (χ1) is 6.17. The summed E-state index contributed by atoms with van der Waals surface area (Å²) >= 11 is 0. The van der Waals surface area contributed by atoms with Crippen molar-refractivity contribution in [1.29, 1.82) is 0 Å². The molecule has 2 aliphatic rings. The number of hydrogen-bond acceptors (Lipinski definition) is 3. The minimum absolute atomic E-state index is 0.0331. The second-order valence-corrected chi connectivity index (χ2v) is 4.37. The molecule has 0 amide bonds. The van der Waals surface area contributed by atoms with Gasteiger partial charge < -0.3 is 4.90 Å². The first-order valence-electron chi connectivity index (χ1n) is 3.80. The van der Waals surface area contributed by atoms with Crippen LogP contribution in [0.3, 0.4) is 0 Å². The van der Waals surface area contributed by atoms with Crippen molar-refractivity contribution in [3.05, 3.63) is 36.7 Å². The molecular weight excluding hydrogens is 188 g/mol. The molecule has 0 radical (unpaired) electrons. The molecule has 0 spiro atoms. The Morgan fingerprint density at radius 3 is 3.00 bits per heavy atom. The molecule has 0 saturated carbocycles. The predicted molar refractivity (Wildman–Crippen MR) is 50.5 cm³/mol. The van der Waals surface area contributed by atoms with Gasteiger partial charge in [-0.15, -0.1) is 4.40 Å². The Labute approximate surface area is 76.6 Å². The topological polar surface area (TPSA) is 49.7 Å². The molecule has 0 saturated heterocycles. The van der Waals surface area contributed by atoms with Crippen molar-refractivity contribution < 1.29 is 8.42 Å². The van der Waals surface area contributed by atoms with Crippen LogP contribution in [0.2, 0.25) is 0 Å². The summed E-state index contributed by atoms with van der Waals surface area (Å²) in [6.45, 7) is 0. The van der Waals surface area contributed by atoms with Crippen LogP contribution < -0.4 is 0 Å². The lowest BCUT2D eigenvalue weighted by Crippen LogP contribution is -2.19. The summed E-state index contributed by atoms with van der Waals surface area (Å²) in [5.74, 6) is 0.408. The van der Waals surface area contributed by atoms with Crippen LogP contribution in [0.1, 0.15) is 0 Å². The van der Waals surface area contributed by atoms with Crippen LogP contribution in [0.15, 0.2) is 41.1 Å². The van der Waals surface area contributed by atoms with Crippen molar-refractivity contribution >= 4 is 15.9 Å². The zero-order valence-corrected chi connectivity index (χ0v) is 7.61. The molecule has 5 heteroatoms. The Bertz CT molecular complexity index is 429. The van der Waals surface area contributed by atoms with Gasteiger partial charge in [-0.05, 0) is 12.2 Å². The van der Waals surface area contributed by atoms with E-state index in [0.717, 1.165) is 0 Å². The molecular formula is C8H8N2O2S. The molecule has 2 aliphatic heterocycles. The minimum atomic E-state index is -3.32. The van der Waals surface area contributed by atoms with Gasteiger partial charge in [-0.2, -0.15) is 0 Å². The van der Waals surface area contributed by atoms with E-state index in [1.165, 1.54) is 0 Å². The fourth-order valence-electron chi connectivity index (χ4n) is 1.11. The maximum absolute atomic E-state index is 11.2. The lowest BCUT2D eigenvalue weighted by atomic mass is 10.3. The van der Waals surface area contributed by atoms with Crippen molar-refractivity contribution in [2.24, 2.45) is 4.40 Å². The molecule has 2 heterocycles. The summed E-state index contributed by atoms with van der Waals surface area (Å²) < 4.78 is 26.0. The van der Waals surface area contributed by atoms with E-state index >= 15 is 0 Å². The van der Waals surface area contributed by atoms with Gasteiger partial charge in [-0.1, -0.05) is 12.2 Å². The highest BCUT2D eigenvalue weighted by Gasteiger charge is 2.15. The van der Waals surface area contributed by atoms with Gasteiger partial charge in [0.15, 0.2) is 0 Å². The largest absolute Gasteiger partial charge is 0.308 e. The molecule has 4 nitrogen and oxygen atoms in total. The monoisotopic (exact) mass is 196 g/mol. The smallest absolute Gasteiger partial charge is 0.258 e. The minimum Gasteiger partial charge on any atom is -0.308 e. The highest BCUT2D eigenvalue weighted by atomic mass is 32.2. The summed E-state index contributed by atoms with van der Waals surface area (Å²) in [5, 5.41) is 0. The first-order valence-corrected chi connectivity index (χ1v) is 5.41. The van der Waals surface area contributed by atoms with Gasteiger partial charge >= 0.3 is 0 Å². The number of sulfonamides is 1. The summed E-state index contributed by atoms with van der Waals surface area (Å²) in [6, 6.07) is 0. The van der Waals surface area contributed by atoms with Crippen molar-refractivity contribution in [3.63, 3.8) is 0 Å². The van der Waals surface area contributed by atoms with Crippen molar-refractivity contribution in [1.82, 2.24) is 4.90 Å². The molecule has 0 aromatic heterocycles. The van der Waals surface area contributed by atoms with E-state index in [9.17, 15) is 8.42 Å². The summed E-state index contributed by atoms with van der Waals surface area (Å²) in [7, 11) is -3.32. The maximum Gasteiger partial charge on any atom is 0.258 e. The van der Waals surface area contributed by atoms with E-state index < -0.39 is 10.0 Å². The first kappa shape index (κ1) is 8.25. The van der Waals surface area contributed by atoms with Crippen LogP contribution in [-0.2, 0) is 10.0 Å². The van der Waals surface area contributed by atoms with Crippen molar-refractivity contribution in [2.75, 3.05) is 5.75 Å². The zero-order valence-electron chi connectivity index (χ0n) is 6.79. The number of allylic oxidation sites excluding steroid dienone is 2. The van der Waals surface area contributed by atoms with Gasteiger partial charge in [0.1, 0.15) is 5.84 Å². The van der Waals surface area contributed by atoms with E-state index in [0.29, 0.717) is 5.84 Å². The number of rotatable bonds is 0. The quantitative estimate of drug-likeness (QED) is 0.571. The molecule has 0 N–H and O–H groups in total. The summed E-state index contributed by atoms with van der Waals surface area (Å²) in [4.78, 5) is 1.67. The van der Waals surface area contributed by atoms with Gasteiger partial charge in [0, 0.05) is 12.4 Å². The van der Waals surface area contributed by atoms with Crippen LogP contribution in [0.25, 0.3) is 0 Å². The van der Waals surface area contributed by atoms with Gasteiger partial charge in [0.2, 0.25) is 0 Å². The Morgan fingerprint density at radius 2 is 2.15 bits per heavy atom. The highest BCUT2D eigenvalue weighted by Crippen LogP contribution is 2.10. The third-order valence-corrected chi connectivity index (χ3v) is 2.75. The van der Waals surface area contributed by atoms with E-state index in [4.69, 9.17) is 0 Å². The molecule has 0 unspecified atom stereocenters. The van der Waals surface area contributed by atoms with Gasteiger partial charge in [-0.25, -0.2) is 8.42 Å². The molecule has 2 rings (SSSR count). The molecule has 0 atom stereocenters. The molecule has 0 bridgehead atoms. The maximum atomic E-state index is 11.2. The van der Waals surface area contributed by atoms with E-state index in [1.54, 1.807) is 35.5 Å². The van der Waals surface area contributed by atoms with Crippen molar-refractivity contribution in [3.8, 4) is 0 Å². The standard InChI is InChI=1S/C8H8N2O2S/c11-13(12)7-3-6-10-5-2-1-4-8(10)9-13/h1-6H,7H2. The Morgan fingerprint density at radius 1 is 1.31 bits per heavy atom. The highest BCUT2D eigenvalue weighted by molar-refractivity contribution is 7.90. The number of amidine groups is 1. The Balaban J connectivity index is 2.51. The van der Waals surface area contributed by atoms with Crippen LogP contribution in [0.5, 0.6) is 0 Å². The van der Waals surface area contributed by atoms with Gasteiger partial charge in [0.05, 0.1) is 5.75 Å². The average Bonchev–Trinajstić information content (AvgIpc) is 2.21. The SMILES string of the molecule is O=S1(=O)CC=CN2C=CC=CC2=N1. The third-order valence-electron chi connectivity index (χ3n) is 1.67. The lowest BCUT2D eigenvalue weighted by Gasteiger charge is -2.15. The fraction of sp³-hybridized carbons (Fsp3) is 0.125. The Kier molecular flexibility index (Phi) is 1.81. The second kappa shape index (κ2) is 2.85. The van der Waals surface area contributed by atoms with Gasteiger partial charge in [0.25, 0.3) is 10.0 Å². The summed E-state index contributed by atoms with van der Waals surface area (Å²) in [5.41, 5.74) is 0. The van der Waals surface area contributed by atoms with Crippen molar-refractivity contribution in [2.45, 2.75) is 0 Å². The van der Waals surface area contributed by atoms with E-state index in [-0.39, 0.29) is 5.75 Å². The van der Waals surface area contributed by atoms with Gasteiger partial charge in [-0.3, -0.25) is 0 Å². The lowest BCUT2D eigenvalue weighted by molar-refractivity contribution is 0.601. The molecule has 0 fully saturated rings. The summed E-state index contributed by atoms with van der Waals surface area (Å²) in [6.07, 6.45) is 10.3. The molecule has 13 heavy (non-hydrogen) atoms. The number of nitrogens with zero attached hydrogens (tertiary/aromatic N) is 2.